The Morgan fingerprint density at radius 2 is 2.06 bits per heavy atom. The first-order valence-corrected chi connectivity index (χ1v) is 12.2. The SMILES string of the molecule is C[C@@H](/C=C/CCCC1CCC(=O)NC1=O)NS(=O)(=O)c1ccc(F)c(OCC2CC2)c1. The minimum absolute atomic E-state index is 0.0437. The number of unbranched alkanes of at least 4 members (excludes halogenated alkanes) is 1. The summed E-state index contributed by atoms with van der Waals surface area (Å²) in [5.74, 6) is -0.768. The second-order valence-electron chi connectivity index (χ2n) is 8.26. The summed E-state index contributed by atoms with van der Waals surface area (Å²) in [5.41, 5.74) is 0. The molecule has 1 unspecified atom stereocenters. The van der Waals surface area contributed by atoms with E-state index in [1.54, 1.807) is 13.0 Å². The molecule has 1 aromatic carbocycles. The van der Waals surface area contributed by atoms with E-state index < -0.39 is 21.9 Å². The fraction of sp³-hybridized carbons (Fsp3) is 0.545. The van der Waals surface area contributed by atoms with Crippen molar-refractivity contribution in [2.75, 3.05) is 6.61 Å². The molecular weight excluding hydrogens is 423 g/mol. The van der Waals surface area contributed by atoms with Crippen LogP contribution < -0.4 is 14.8 Å². The number of nitrogens with one attached hydrogen (secondary N) is 2. The monoisotopic (exact) mass is 452 g/mol. The minimum Gasteiger partial charge on any atom is -0.490 e. The van der Waals surface area contributed by atoms with Crippen LogP contribution in [-0.2, 0) is 19.6 Å². The number of ether oxygens (including phenoxy) is 1. The maximum absolute atomic E-state index is 13.9. The molecule has 0 spiro atoms. The number of hydrogen-bond donors (Lipinski definition) is 2. The van der Waals surface area contributed by atoms with Crippen molar-refractivity contribution in [1.29, 1.82) is 0 Å². The van der Waals surface area contributed by atoms with Gasteiger partial charge in [0.15, 0.2) is 11.6 Å². The van der Waals surface area contributed by atoms with Crippen molar-refractivity contribution < 1.29 is 27.1 Å². The minimum atomic E-state index is -3.83. The summed E-state index contributed by atoms with van der Waals surface area (Å²) in [6.07, 6.45) is 8.82. The predicted molar refractivity (Wildman–Crippen MR) is 113 cm³/mol. The fourth-order valence-electron chi connectivity index (χ4n) is 3.40. The Morgan fingerprint density at radius 1 is 1.29 bits per heavy atom. The number of amides is 2. The molecule has 2 atom stereocenters. The van der Waals surface area contributed by atoms with E-state index >= 15 is 0 Å². The molecule has 0 radical (unpaired) electrons. The van der Waals surface area contributed by atoms with Crippen LogP contribution in [-0.4, -0.2) is 32.9 Å². The molecule has 1 aromatic rings. The lowest BCUT2D eigenvalue weighted by atomic mass is 9.93. The lowest BCUT2D eigenvalue weighted by molar-refractivity contribution is -0.136. The van der Waals surface area contributed by atoms with E-state index in [1.165, 1.54) is 12.1 Å². The summed E-state index contributed by atoms with van der Waals surface area (Å²) in [6.45, 7) is 2.11. The van der Waals surface area contributed by atoms with Crippen LogP contribution in [0.15, 0.2) is 35.2 Å². The van der Waals surface area contributed by atoms with E-state index in [-0.39, 0.29) is 28.4 Å². The molecule has 1 heterocycles. The Kier molecular flexibility index (Phi) is 7.83. The van der Waals surface area contributed by atoms with Crippen LogP contribution >= 0.6 is 0 Å². The van der Waals surface area contributed by atoms with Crippen molar-refractivity contribution in [2.45, 2.75) is 62.8 Å². The van der Waals surface area contributed by atoms with Gasteiger partial charge in [-0.25, -0.2) is 17.5 Å². The number of carbonyl (C=O) groups excluding carboxylic acids is 2. The zero-order valence-electron chi connectivity index (χ0n) is 17.6. The van der Waals surface area contributed by atoms with Gasteiger partial charge in [0.05, 0.1) is 11.5 Å². The van der Waals surface area contributed by atoms with Crippen LogP contribution in [0.1, 0.15) is 51.9 Å². The molecule has 7 nitrogen and oxygen atoms in total. The molecule has 2 N–H and O–H groups in total. The zero-order valence-corrected chi connectivity index (χ0v) is 18.4. The Morgan fingerprint density at radius 3 is 2.77 bits per heavy atom. The number of carbonyl (C=O) groups is 2. The van der Waals surface area contributed by atoms with Crippen molar-refractivity contribution in [2.24, 2.45) is 11.8 Å². The maximum Gasteiger partial charge on any atom is 0.241 e. The van der Waals surface area contributed by atoms with Gasteiger partial charge in [-0.3, -0.25) is 14.9 Å². The average Bonchev–Trinajstić information content (AvgIpc) is 3.52. The summed E-state index contributed by atoms with van der Waals surface area (Å²) in [4.78, 5) is 22.8. The highest BCUT2D eigenvalue weighted by Crippen LogP contribution is 2.31. The Labute approximate surface area is 182 Å². The van der Waals surface area contributed by atoms with Crippen molar-refractivity contribution in [3.05, 3.63) is 36.2 Å². The summed E-state index contributed by atoms with van der Waals surface area (Å²) in [7, 11) is -3.83. The first kappa shape index (κ1) is 23.4. The van der Waals surface area contributed by atoms with Gasteiger partial charge in [0.2, 0.25) is 21.8 Å². The Bertz CT molecular complexity index is 943. The van der Waals surface area contributed by atoms with Gasteiger partial charge in [0.1, 0.15) is 0 Å². The molecule has 2 aliphatic rings. The molecule has 1 aliphatic heterocycles. The number of piperidine rings is 1. The van der Waals surface area contributed by atoms with Crippen LogP contribution in [0.4, 0.5) is 4.39 Å². The van der Waals surface area contributed by atoms with Gasteiger partial charge in [0.25, 0.3) is 0 Å². The van der Waals surface area contributed by atoms with E-state index in [4.69, 9.17) is 4.74 Å². The average molecular weight is 453 g/mol. The van der Waals surface area contributed by atoms with Crippen LogP contribution in [0, 0.1) is 17.7 Å². The summed E-state index contributed by atoms with van der Waals surface area (Å²) < 4.78 is 47.1. The highest BCUT2D eigenvalue weighted by Gasteiger charge is 2.26. The van der Waals surface area contributed by atoms with Gasteiger partial charge < -0.3 is 4.74 Å². The molecule has 9 heteroatoms. The van der Waals surface area contributed by atoms with Crippen molar-refractivity contribution in [1.82, 2.24) is 10.0 Å². The largest absolute Gasteiger partial charge is 0.490 e. The van der Waals surface area contributed by atoms with Gasteiger partial charge in [0, 0.05) is 24.4 Å². The second-order valence-corrected chi connectivity index (χ2v) is 9.98. The van der Waals surface area contributed by atoms with E-state index in [0.29, 0.717) is 38.2 Å². The second kappa shape index (κ2) is 10.4. The van der Waals surface area contributed by atoms with E-state index in [9.17, 15) is 22.4 Å². The lowest BCUT2D eigenvalue weighted by Crippen LogP contribution is -2.40. The van der Waals surface area contributed by atoms with Crippen LogP contribution in [0.25, 0.3) is 0 Å². The normalized spacial score (nSPS) is 20.6. The molecule has 3 rings (SSSR count). The molecule has 1 saturated heterocycles. The fourth-order valence-corrected chi connectivity index (χ4v) is 4.62. The third-order valence-electron chi connectivity index (χ3n) is 5.43. The van der Waals surface area contributed by atoms with Crippen LogP contribution in [0.5, 0.6) is 5.75 Å². The van der Waals surface area contributed by atoms with Crippen molar-refractivity contribution in [3.8, 4) is 5.75 Å². The van der Waals surface area contributed by atoms with Gasteiger partial charge in [-0.2, -0.15) is 0 Å². The van der Waals surface area contributed by atoms with Gasteiger partial charge in [-0.15, -0.1) is 0 Å². The topological polar surface area (TPSA) is 102 Å². The van der Waals surface area contributed by atoms with Gasteiger partial charge in [-0.1, -0.05) is 12.2 Å². The van der Waals surface area contributed by atoms with Crippen molar-refractivity contribution in [3.63, 3.8) is 0 Å². The van der Waals surface area contributed by atoms with E-state index in [1.807, 2.05) is 6.08 Å². The summed E-state index contributed by atoms with van der Waals surface area (Å²) in [6, 6.07) is 3.09. The van der Waals surface area contributed by atoms with Crippen LogP contribution in [0.2, 0.25) is 0 Å². The molecular formula is C22H29FN2O5S. The van der Waals surface area contributed by atoms with Crippen LogP contribution in [0.3, 0.4) is 0 Å². The van der Waals surface area contributed by atoms with E-state index in [2.05, 4.69) is 10.0 Å². The Hall–Kier alpha value is -2.26. The highest BCUT2D eigenvalue weighted by molar-refractivity contribution is 7.89. The third kappa shape index (κ3) is 7.14. The van der Waals surface area contributed by atoms with Gasteiger partial charge in [-0.05, 0) is 63.5 Å². The predicted octanol–water partition coefficient (Wildman–Crippen LogP) is 3.06. The summed E-state index contributed by atoms with van der Waals surface area (Å²) in [5, 5.41) is 2.35. The number of benzene rings is 1. The molecule has 170 valence electrons. The smallest absolute Gasteiger partial charge is 0.241 e. The first-order valence-electron chi connectivity index (χ1n) is 10.7. The molecule has 31 heavy (non-hydrogen) atoms. The first-order chi connectivity index (χ1) is 14.7. The standard InChI is InChI=1S/C22H29FN2O5S/c1-15(5-3-2-4-6-17-9-12-21(26)24-22(17)27)25-31(28,29)18-10-11-19(23)20(13-18)30-14-16-7-8-16/h3,5,10-11,13,15-17,25H,2,4,6-9,12,14H2,1H3,(H,24,26,27)/b5-3+/t15-,17?/m0/s1. The number of hydrogen-bond acceptors (Lipinski definition) is 5. The van der Waals surface area contributed by atoms with Crippen molar-refractivity contribution >= 4 is 21.8 Å². The lowest BCUT2D eigenvalue weighted by Gasteiger charge is -2.20. The Balaban J connectivity index is 1.46. The molecule has 2 fully saturated rings. The maximum atomic E-state index is 13.9. The zero-order chi connectivity index (χ0) is 22.4. The number of rotatable bonds is 11. The molecule has 1 aliphatic carbocycles. The number of allylic oxidation sites excluding steroid dienone is 1. The number of halogens is 1. The summed E-state index contributed by atoms with van der Waals surface area (Å²) >= 11 is 0. The highest BCUT2D eigenvalue weighted by atomic mass is 32.2. The molecule has 0 bridgehead atoms. The quantitative estimate of drug-likeness (QED) is 0.305. The molecule has 0 aromatic heterocycles. The third-order valence-corrected chi connectivity index (χ3v) is 6.98. The van der Waals surface area contributed by atoms with E-state index in [0.717, 1.165) is 25.3 Å². The number of imide groups is 1. The van der Waals surface area contributed by atoms with Gasteiger partial charge >= 0.3 is 0 Å². The number of sulfonamides is 1. The molecule has 1 saturated carbocycles. The molecule has 2 amide bonds.